The highest BCUT2D eigenvalue weighted by Crippen LogP contribution is 2.34. The zero-order valence-electron chi connectivity index (χ0n) is 18.5. The minimum Gasteiger partial charge on any atom is -0.481 e. The number of anilines is 1. The number of carbonyl (C=O) groups excluding carboxylic acids is 1. The Morgan fingerprint density at radius 2 is 1.73 bits per heavy atom. The maximum atomic E-state index is 12.5. The van der Waals surface area contributed by atoms with Crippen molar-refractivity contribution in [2.75, 3.05) is 51.4 Å². The molecular weight excluding hydrogens is 422 g/mol. The van der Waals surface area contributed by atoms with Crippen LogP contribution < -0.4 is 14.8 Å². The number of aliphatic carboxylic acids is 1. The molecule has 0 spiro atoms. The molecule has 0 unspecified atom stereocenters. The van der Waals surface area contributed by atoms with Crippen LogP contribution in [-0.2, 0) is 9.59 Å². The van der Waals surface area contributed by atoms with E-state index in [9.17, 15) is 14.7 Å². The third kappa shape index (κ3) is 6.57. The van der Waals surface area contributed by atoms with Crippen molar-refractivity contribution in [3.05, 3.63) is 60.2 Å². The predicted molar refractivity (Wildman–Crippen MR) is 125 cm³/mol. The summed E-state index contributed by atoms with van der Waals surface area (Å²) in [6.07, 6.45) is 4.20. The molecule has 174 valence electrons. The molecule has 1 saturated heterocycles. The summed E-state index contributed by atoms with van der Waals surface area (Å²) in [6.45, 7) is 4.69. The maximum absolute atomic E-state index is 12.5. The Bertz CT molecular complexity index is 987. The van der Waals surface area contributed by atoms with Crippen LogP contribution in [0.25, 0.3) is 6.08 Å². The van der Waals surface area contributed by atoms with Gasteiger partial charge in [-0.3, -0.25) is 19.4 Å². The van der Waals surface area contributed by atoms with E-state index in [1.54, 1.807) is 18.2 Å². The minimum atomic E-state index is -0.955. The van der Waals surface area contributed by atoms with E-state index in [0.717, 1.165) is 32.7 Å². The molecule has 0 aromatic heterocycles. The molecule has 1 fully saturated rings. The van der Waals surface area contributed by atoms with Gasteiger partial charge >= 0.3 is 5.97 Å². The maximum Gasteiger partial charge on any atom is 0.308 e. The van der Waals surface area contributed by atoms with Crippen molar-refractivity contribution in [3.8, 4) is 11.5 Å². The van der Waals surface area contributed by atoms with E-state index in [0.29, 0.717) is 23.7 Å². The van der Waals surface area contributed by atoms with Gasteiger partial charge in [0.1, 0.15) is 0 Å². The van der Waals surface area contributed by atoms with Crippen molar-refractivity contribution < 1.29 is 24.2 Å². The van der Waals surface area contributed by atoms with E-state index in [1.165, 1.54) is 5.56 Å². The van der Waals surface area contributed by atoms with Crippen LogP contribution in [0.3, 0.4) is 0 Å². The van der Waals surface area contributed by atoms with Gasteiger partial charge < -0.3 is 19.9 Å². The van der Waals surface area contributed by atoms with Crippen LogP contribution in [0.5, 0.6) is 11.5 Å². The predicted octanol–water partition coefficient (Wildman–Crippen LogP) is 2.78. The Hall–Kier alpha value is -3.36. The third-order valence-corrected chi connectivity index (χ3v) is 5.85. The number of ether oxygens (including phenoxy) is 2. The highest BCUT2D eigenvalue weighted by Gasteiger charge is 2.26. The van der Waals surface area contributed by atoms with Crippen molar-refractivity contribution in [2.45, 2.75) is 6.42 Å². The lowest BCUT2D eigenvalue weighted by Gasteiger charge is -2.35. The van der Waals surface area contributed by atoms with Gasteiger partial charge in [0.05, 0.1) is 5.92 Å². The van der Waals surface area contributed by atoms with Crippen LogP contribution in [0.1, 0.15) is 12.0 Å². The SMILES string of the molecule is O=C(C[C@@H](CN1CCN(C/C=C/c2ccccc2)CC1)C(=O)O)Nc1ccc2c(c1)OCO2. The van der Waals surface area contributed by atoms with Gasteiger partial charge in [-0.25, -0.2) is 0 Å². The van der Waals surface area contributed by atoms with Crippen LogP contribution in [-0.4, -0.2) is 72.8 Å². The van der Waals surface area contributed by atoms with E-state index in [-0.39, 0.29) is 19.1 Å². The van der Waals surface area contributed by atoms with Gasteiger partial charge in [0.2, 0.25) is 12.7 Å². The third-order valence-electron chi connectivity index (χ3n) is 5.85. The lowest BCUT2D eigenvalue weighted by atomic mass is 10.0. The minimum absolute atomic E-state index is 0.0796. The van der Waals surface area contributed by atoms with Gasteiger partial charge in [0, 0.05) is 57.4 Å². The first kappa shape index (κ1) is 22.8. The molecule has 2 aromatic carbocycles. The molecule has 8 heteroatoms. The van der Waals surface area contributed by atoms with Crippen LogP contribution in [0.2, 0.25) is 0 Å². The van der Waals surface area contributed by atoms with Crippen LogP contribution in [0, 0.1) is 5.92 Å². The number of piperazine rings is 1. The Kier molecular flexibility index (Phi) is 7.59. The molecular formula is C25H29N3O5. The van der Waals surface area contributed by atoms with Gasteiger partial charge in [-0.05, 0) is 17.7 Å². The Balaban J connectivity index is 1.22. The second-order valence-electron chi connectivity index (χ2n) is 8.27. The van der Waals surface area contributed by atoms with E-state index in [1.807, 2.05) is 18.2 Å². The average molecular weight is 452 g/mol. The number of carbonyl (C=O) groups is 2. The molecule has 0 radical (unpaired) electrons. The van der Waals surface area contributed by atoms with Crippen LogP contribution >= 0.6 is 0 Å². The molecule has 2 aliphatic heterocycles. The second-order valence-corrected chi connectivity index (χ2v) is 8.27. The number of hydrogen-bond acceptors (Lipinski definition) is 6. The summed E-state index contributed by atoms with van der Waals surface area (Å²) in [5, 5.41) is 12.4. The van der Waals surface area contributed by atoms with Gasteiger partial charge in [0.25, 0.3) is 0 Å². The number of nitrogens with one attached hydrogen (secondary N) is 1. The van der Waals surface area contributed by atoms with Gasteiger partial charge in [-0.1, -0.05) is 42.5 Å². The number of rotatable bonds is 9. The van der Waals surface area contributed by atoms with Gasteiger partial charge in [0.15, 0.2) is 11.5 Å². The number of amides is 1. The number of carboxylic acids is 1. The van der Waals surface area contributed by atoms with Crippen molar-refractivity contribution in [1.29, 1.82) is 0 Å². The second kappa shape index (κ2) is 11.0. The summed E-state index contributed by atoms with van der Waals surface area (Å²) < 4.78 is 10.6. The number of carboxylic acid groups (broad SMARTS) is 1. The molecule has 2 aliphatic rings. The van der Waals surface area contributed by atoms with E-state index < -0.39 is 11.9 Å². The van der Waals surface area contributed by atoms with Crippen molar-refractivity contribution in [3.63, 3.8) is 0 Å². The normalized spacial score (nSPS) is 17.2. The van der Waals surface area contributed by atoms with E-state index in [2.05, 4.69) is 39.4 Å². The lowest BCUT2D eigenvalue weighted by molar-refractivity contribution is -0.144. The summed E-state index contributed by atoms with van der Waals surface area (Å²) in [7, 11) is 0. The van der Waals surface area contributed by atoms with Crippen molar-refractivity contribution in [2.24, 2.45) is 5.92 Å². The first-order chi connectivity index (χ1) is 16.1. The number of nitrogens with zero attached hydrogens (tertiary/aromatic N) is 2. The average Bonchev–Trinajstić information content (AvgIpc) is 3.28. The topological polar surface area (TPSA) is 91.3 Å². The molecule has 1 atom stereocenters. The Morgan fingerprint density at radius 1 is 1.00 bits per heavy atom. The fourth-order valence-electron chi connectivity index (χ4n) is 4.01. The number of fused-ring (bicyclic) bond motifs is 1. The Morgan fingerprint density at radius 3 is 2.48 bits per heavy atom. The van der Waals surface area contributed by atoms with Crippen molar-refractivity contribution >= 4 is 23.6 Å². The summed E-state index contributed by atoms with van der Waals surface area (Å²) in [5.41, 5.74) is 1.74. The molecule has 2 N–H and O–H groups in total. The summed E-state index contributed by atoms with van der Waals surface area (Å²) >= 11 is 0. The van der Waals surface area contributed by atoms with Gasteiger partial charge in [-0.15, -0.1) is 0 Å². The molecule has 0 aliphatic carbocycles. The first-order valence-electron chi connectivity index (χ1n) is 11.2. The van der Waals surface area contributed by atoms with Crippen LogP contribution in [0.15, 0.2) is 54.6 Å². The van der Waals surface area contributed by atoms with Crippen LogP contribution in [0.4, 0.5) is 5.69 Å². The quantitative estimate of drug-likeness (QED) is 0.606. The molecule has 0 saturated carbocycles. The Labute approximate surface area is 193 Å². The van der Waals surface area contributed by atoms with E-state index in [4.69, 9.17) is 9.47 Å². The summed E-state index contributed by atoms with van der Waals surface area (Å²) in [5.74, 6) is -0.844. The largest absolute Gasteiger partial charge is 0.481 e. The van der Waals surface area contributed by atoms with Gasteiger partial charge in [-0.2, -0.15) is 0 Å². The summed E-state index contributed by atoms with van der Waals surface area (Å²) in [6, 6.07) is 15.3. The molecule has 2 aromatic rings. The fourth-order valence-corrected chi connectivity index (χ4v) is 4.01. The monoisotopic (exact) mass is 451 g/mol. The van der Waals surface area contributed by atoms with E-state index >= 15 is 0 Å². The number of hydrogen-bond donors (Lipinski definition) is 2. The molecule has 1 amide bonds. The highest BCUT2D eigenvalue weighted by molar-refractivity contribution is 5.93. The lowest BCUT2D eigenvalue weighted by Crippen LogP contribution is -2.48. The standard InChI is InChI=1S/C25H29N3O5/c29-24(26-21-8-9-22-23(16-21)33-18-32-22)15-20(25(30)31)17-28-13-11-27(12-14-28)10-4-7-19-5-2-1-3-6-19/h1-9,16,20H,10-15,17-18H2,(H,26,29)(H,30,31)/b7-4+/t20-/m0/s1. The number of benzene rings is 2. The first-order valence-corrected chi connectivity index (χ1v) is 11.2. The fraction of sp³-hybridized carbons (Fsp3) is 0.360. The smallest absolute Gasteiger partial charge is 0.308 e. The molecule has 0 bridgehead atoms. The molecule has 33 heavy (non-hydrogen) atoms. The molecule has 2 heterocycles. The zero-order valence-corrected chi connectivity index (χ0v) is 18.5. The molecule has 8 nitrogen and oxygen atoms in total. The molecule has 4 rings (SSSR count). The summed E-state index contributed by atoms with van der Waals surface area (Å²) in [4.78, 5) is 28.7. The van der Waals surface area contributed by atoms with Crippen molar-refractivity contribution in [1.82, 2.24) is 9.80 Å². The zero-order chi connectivity index (χ0) is 23.0. The highest BCUT2D eigenvalue weighted by atomic mass is 16.7.